The van der Waals surface area contributed by atoms with Crippen molar-refractivity contribution in [1.82, 2.24) is 10.2 Å². The molecule has 1 aromatic rings. The molecule has 82 valence electrons. The number of hydrogen-bond acceptors (Lipinski definition) is 6. The van der Waals surface area contributed by atoms with Crippen LogP contribution >= 0.6 is 11.8 Å². The molecule has 0 spiro atoms. The van der Waals surface area contributed by atoms with E-state index in [1.807, 2.05) is 6.92 Å². The largest absolute Gasteiger partial charge is 0.459 e. The summed E-state index contributed by atoms with van der Waals surface area (Å²) >= 11 is 1.33. The Labute approximate surface area is 91.9 Å². The molecule has 0 aliphatic carbocycles. The van der Waals surface area contributed by atoms with Gasteiger partial charge in [0.15, 0.2) is 0 Å². The molecule has 0 saturated carbocycles. The summed E-state index contributed by atoms with van der Waals surface area (Å²) < 4.78 is 9.80. The molecule has 1 atom stereocenters. The van der Waals surface area contributed by atoms with Crippen molar-refractivity contribution >= 4 is 17.7 Å². The summed E-state index contributed by atoms with van der Waals surface area (Å²) in [4.78, 5) is 11.2. The normalized spacial score (nSPS) is 12.1. The zero-order valence-corrected chi connectivity index (χ0v) is 9.41. The Morgan fingerprint density at radius 2 is 2.47 bits per heavy atom. The highest BCUT2D eigenvalue weighted by Crippen LogP contribution is 2.22. The number of nitrogens with zero attached hydrogens (tertiary/aromatic N) is 2. The van der Waals surface area contributed by atoms with Crippen LogP contribution in [0.3, 0.4) is 0 Å². The summed E-state index contributed by atoms with van der Waals surface area (Å²) in [6, 6.07) is 0. The molecule has 0 fully saturated rings. The van der Waals surface area contributed by atoms with Gasteiger partial charge in [0.2, 0.25) is 0 Å². The fourth-order valence-corrected chi connectivity index (χ4v) is 1.37. The van der Waals surface area contributed by atoms with Gasteiger partial charge in [0.05, 0.1) is 6.61 Å². The predicted octanol–water partition coefficient (Wildman–Crippen LogP) is 1.91. The fraction of sp³-hybridized carbons (Fsp3) is 0.444. The molecule has 6 heteroatoms. The molecule has 1 rings (SSSR count). The second kappa shape index (κ2) is 5.55. The topological polar surface area (TPSA) is 65.2 Å². The summed E-state index contributed by atoms with van der Waals surface area (Å²) in [5, 5.41) is 7.77. The van der Waals surface area contributed by atoms with Crippen molar-refractivity contribution in [2.75, 3.05) is 6.61 Å². The summed E-state index contributed by atoms with van der Waals surface area (Å²) in [5.41, 5.74) is 0. The SMILES string of the molecule is C=CC(C)Sc1nnc(C(=O)OCC)o1. The van der Waals surface area contributed by atoms with Crippen molar-refractivity contribution in [1.29, 1.82) is 0 Å². The third-order valence-electron chi connectivity index (χ3n) is 1.48. The van der Waals surface area contributed by atoms with Crippen LogP contribution in [0.2, 0.25) is 0 Å². The molecule has 5 nitrogen and oxygen atoms in total. The third kappa shape index (κ3) is 3.39. The molecule has 1 unspecified atom stereocenters. The number of aromatic nitrogens is 2. The van der Waals surface area contributed by atoms with Gasteiger partial charge in [-0.2, -0.15) is 0 Å². The van der Waals surface area contributed by atoms with Crippen LogP contribution in [0.1, 0.15) is 24.5 Å². The highest BCUT2D eigenvalue weighted by molar-refractivity contribution is 7.99. The van der Waals surface area contributed by atoms with Crippen molar-refractivity contribution in [2.45, 2.75) is 24.3 Å². The van der Waals surface area contributed by atoms with Crippen molar-refractivity contribution in [2.24, 2.45) is 0 Å². The van der Waals surface area contributed by atoms with E-state index in [0.717, 1.165) is 0 Å². The number of esters is 1. The van der Waals surface area contributed by atoms with E-state index in [1.54, 1.807) is 13.0 Å². The van der Waals surface area contributed by atoms with E-state index in [2.05, 4.69) is 16.8 Å². The molecule has 0 amide bonds. The van der Waals surface area contributed by atoms with Gasteiger partial charge in [-0.15, -0.1) is 11.7 Å². The Bertz CT molecular complexity index is 351. The molecule has 0 bridgehead atoms. The van der Waals surface area contributed by atoms with E-state index in [4.69, 9.17) is 9.15 Å². The molecule has 0 radical (unpaired) electrons. The first kappa shape index (κ1) is 11.8. The molecular formula is C9H12N2O3S. The number of carbonyl (C=O) groups is 1. The lowest BCUT2D eigenvalue weighted by atomic mass is 10.5. The Hall–Kier alpha value is -1.30. The summed E-state index contributed by atoms with van der Waals surface area (Å²) in [6.07, 6.45) is 1.75. The predicted molar refractivity (Wildman–Crippen MR) is 55.8 cm³/mol. The minimum Gasteiger partial charge on any atom is -0.459 e. The van der Waals surface area contributed by atoms with E-state index in [1.165, 1.54) is 11.8 Å². The summed E-state index contributed by atoms with van der Waals surface area (Å²) in [7, 11) is 0. The van der Waals surface area contributed by atoms with Crippen LogP contribution < -0.4 is 0 Å². The van der Waals surface area contributed by atoms with Crippen LogP contribution in [0.15, 0.2) is 22.3 Å². The second-order valence-electron chi connectivity index (χ2n) is 2.65. The van der Waals surface area contributed by atoms with E-state index >= 15 is 0 Å². The van der Waals surface area contributed by atoms with E-state index in [-0.39, 0.29) is 17.7 Å². The van der Waals surface area contributed by atoms with Gasteiger partial charge in [-0.05, 0) is 13.8 Å². The summed E-state index contributed by atoms with van der Waals surface area (Å²) in [5.74, 6) is -0.710. The average molecular weight is 228 g/mol. The van der Waals surface area contributed by atoms with Crippen LogP contribution in [0.5, 0.6) is 0 Å². The fourth-order valence-electron chi connectivity index (χ4n) is 0.740. The minimum absolute atomic E-state index is 0.115. The van der Waals surface area contributed by atoms with Crippen molar-refractivity contribution in [3.8, 4) is 0 Å². The quantitative estimate of drug-likeness (QED) is 0.436. The number of thioether (sulfide) groups is 1. The van der Waals surface area contributed by atoms with Crippen LogP contribution in [-0.4, -0.2) is 28.0 Å². The van der Waals surface area contributed by atoms with Gasteiger partial charge in [0.1, 0.15) is 0 Å². The highest BCUT2D eigenvalue weighted by atomic mass is 32.2. The molecule has 1 heterocycles. The van der Waals surface area contributed by atoms with Gasteiger partial charge < -0.3 is 9.15 Å². The van der Waals surface area contributed by atoms with Gasteiger partial charge in [-0.25, -0.2) is 4.79 Å². The van der Waals surface area contributed by atoms with E-state index < -0.39 is 5.97 Å². The monoisotopic (exact) mass is 228 g/mol. The van der Waals surface area contributed by atoms with Gasteiger partial charge in [0.25, 0.3) is 5.22 Å². The maximum absolute atomic E-state index is 11.2. The van der Waals surface area contributed by atoms with Crippen LogP contribution in [0.4, 0.5) is 0 Å². The van der Waals surface area contributed by atoms with Crippen molar-refractivity contribution < 1.29 is 13.9 Å². The Morgan fingerprint density at radius 3 is 3.07 bits per heavy atom. The first-order valence-electron chi connectivity index (χ1n) is 4.47. The lowest BCUT2D eigenvalue weighted by molar-refractivity contribution is 0.0475. The van der Waals surface area contributed by atoms with E-state index in [0.29, 0.717) is 5.22 Å². The van der Waals surface area contributed by atoms with Crippen LogP contribution in [0, 0.1) is 0 Å². The first-order valence-corrected chi connectivity index (χ1v) is 5.35. The highest BCUT2D eigenvalue weighted by Gasteiger charge is 2.16. The van der Waals surface area contributed by atoms with Gasteiger partial charge >= 0.3 is 11.9 Å². The number of carbonyl (C=O) groups excluding carboxylic acids is 1. The lowest BCUT2D eigenvalue weighted by Crippen LogP contribution is -2.04. The van der Waals surface area contributed by atoms with Gasteiger partial charge in [-0.1, -0.05) is 22.9 Å². The first-order chi connectivity index (χ1) is 7.17. The van der Waals surface area contributed by atoms with Gasteiger partial charge in [-0.3, -0.25) is 0 Å². The zero-order chi connectivity index (χ0) is 11.3. The molecule has 0 aliphatic heterocycles. The lowest BCUT2D eigenvalue weighted by Gasteiger charge is -1.98. The summed E-state index contributed by atoms with van der Waals surface area (Å²) in [6.45, 7) is 7.56. The van der Waals surface area contributed by atoms with Gasteiger partial charge in [0, 0.05) is 5.25 Å². The number of ether oxygens (including phenoxy) is 1. The zero-order valence-electron chi connectivity index (χ0n) is 8.60. The molecule has 0 saturated heterocycles. The number of rotatable bonds is 5. The maximum Gasteiger partial charge on any atom is 0.396 e. The minimum atomic E-state index is -0.594. The maximum atomic E-state index is 11.2. The molecule has 0 N–H and O–H groups in total. The Morgan fingerprint density at radius 1 is 1.73 bits per heavy atom. The molecule has 1 aromatic heterocycles. The molecular weight excluding hydrogens is 216 g/mol. The van der Waals surface area contributed by atoms with E-state index in [9.17, 15) is 4.79 Å². The van der Waals surface area contributed by atoms with Crippen molar-refractivity contribution in [3.05, 3.63) is 18.5 Å². The third-order valence-corrected chi connectivity index (χ3v) is 2.41. The Balaban J connectivity index is 2.63. The molecule has 0 aromatic carbocycles. The molecule has 0 aliphatic rings. The van der Waals surface area contributed by atoms with Crippen LogP contribution in [-0.2, 0) is 4.74 Å². The average Bonchev–Trinajstić information content (AvgIpc) is 2.66. The second-order valence-corrected chi connectivity index (χ2v) is 3.98. The Kier molecular flexibility index (Phi) is 4.36. The number of hydrogen-bond donors (Lipinski definition) is 0. The van der Waals surface area contributed by atoms with Crippen LogP contribution in [0.25, 0.3) is 0 Å². The smallest absolute Gasteiger partial charge is 0.396 e. The van der Waals surface area contributed by atoms with Crippen molar-refractivity contribution in [3.63, 3.8) is 0 Å². The standard InChI is InChI=1S/C9H12N2O3S/c1-4-6(3)15-9-11-10-7(14-9)8(12)13-5-2/h4,6H,1,5H2,2-3H3. The molecule has 15 heavy (non-hydrogen) atoms.